The van der Waals surface area contributed by atoms with Crippen molar-refractivity contribution in [3.8, 4) is 11.1 Å². The highest BCUT2D eigenvalue weighted by atomic mass is 16.5. The Morgan fingerprint density at radius 2 is 1.57 bits per heavy atom. The van der Waals surface area contributed by atoms with Crippen LogP contribution in [0.2, 0.25) is 0 Å². The van der Waals surface area contributed by atoms with Gasteiger partial charge in [0.25, 0.3) is 0 Å². The Labute approximate surface area is 126 Å². The van der Waals surface area contributed by atoms with Crippen molar-refractivity contribution in [2.24, 2.45) is 0 Å². The van der Waals surface area contributed by atoms with Crippen LogP contribution in [0.25, 0.3) is 11.1 Å². The maximum absolute atomic E-state index is 8.65. The summed E-state index contributed by atoms with van der Waals surface area (Å²) in [5, 5.41) is 8.65. The summed E-state index contributed by atoms with van der Waals surface area (Å²) in [5.41, 5.74) is 3.78. The van der Waals surface area contributed by atoms with Crippen LogP contribution in [-0.4, -0.2) is 43.4 Å². The minimum atomic E-state index is 0.0880. The highest BCUT2D eigenvalue weighted by molar-refractivity contribution is 5.63. The van der Waals surface area contributed by atoms with E-state index in [4.69, 9.17) is 9.84 Å². The summed E-state index contributed by atoms with van der Waals surface area (Å²) < 4.78 is 5.28. The zero-order valence-corrected chi connectivity index (χ0v) is 12.5. The van der Waals surface area contributed by atoms with Crippen molar-refractivity contribution >= 4 is 0 Å². The molecule has 0 saturated heterocycles. The second-order valence-electron chi connectivity index (χ2n) is 5.14. The Morgan fingerprint density at radius 1 is 0.905 bits per heavy atom. The summed E-state index contributed by atoms with van der Waals surface area (Å²) >= 11 is 0. The molecule has 0 heterocycles. The second-order valence-corrected chi connectivity index (χ2v) is 5.14. The SMILES string of the molecule is CN(CCOCCO)Cc1ccc(-c2ccccc2)cc1. The van der Waals surface area contributed by atoms with Crippen molar-refractivity contribution in [2.45, 2.75) is 6.54 Å². The van der Waals surface area contributed by atoms with Crippen LogP contribution in [-0.2, 0) is 11.3 Å². The van der Waals surface area contributed by atoms with Crippen LogP contribution in [0.4, 0.5) is 0 Å². The fourth-order valence-corrected chi connectivity index (χ4v) is 2.21. The molecule has 0 aliphatic heterocycles. The van der Waals surface area contributed by atoms with E-state index in [0.29, 0.717) is 13.2 Å². The van der Waals surface area contributed by atoms with Gasteiger partial charge in [0, 0.05) is 13.1 Å². The van der Waals surface area contributed by atoms with E-state index in [1.807, 2.05) is 6.07 Å². The van der Waals surface area contributed by atoms with Crippen LogP contribution in [0, 0.1) is 0 Å². The third-order valence-electron chi connectivity index (χ3n) is 3.37. The van der Waals surface area contributed by atoms with E-state index in [1.165, 1.54) is 16.7 Å². The molecule has 0 aliphatic rings. The highest BCUT2D eigenvalue weighted by Crippen LogP contribution is 2.19. The Kier molecular flexibility index (Phi) is 6.41. The van der Waals surface area contributed by atoms with Gasteiger partial charge in [0.15, 0.2) is 0 Å². The second kappa shape index (κ2) is 8.57. The number of nitrogens with zero attached hydrogens (tertiary/aromatic N) is 1. The Balaban J connectivity index is 1.85. The molecule has 0 amide bonds. The Bertz CT molecular complexity index is 511. The van der Waals surface area contributed by atoms with Crippen molar-refractivity contribution in [1.29, 1.82) is 0 Å². The topological polar surface area (TPSA) is 32.7 Å². The van der Waals surface area contributed by atoms with Gasteiger partial charge in [0.2, 0.25) is 0 Å². The Morgan fingerprint density at radius 3 is 2.24 bits per heavy atom. The highest BCUT2D eigenvalue weighted by Gasteiger charge is 2.02. The molecular formula is C18H23NO2. The summed E-state index contributed by atoms with van der Waals surface area (Å²) in [7, 11) is 2.08. The minimum absolute atomic E-state index is 0.0880. The number of aliphatic hydroxyl groups excluding tert-OH is 1. The molecule has 3 nitrogen and oxygen atoms in total. The predicted octanol–water partition coefficient (Wildman–Crippen LogP) is 2.79. The van der Waals surface area contributed by atoms with Gasteiger partial charge < -0.3 is 9.84 Å². The van der Waals surface area contributed by atoms with Gasteiger partial charge in [-0.2, -0.15) is 0 Å². The molecule has 21 heavy (non-hydrogen) atoms. The molecule has 3 heteroatoms. The Hall–Kier alpha value is -1.68. The summed E-state index contributed by atoms with van der Waals surface area (Å²) in [6.45, 7) is 2.92. The quantitative estimate of drug-likeness (QED) is 0.757. The van der Waals surface area contributed by atoms with Gasteiger partial charge in [-0.25, -0.2) is 0 Å². The molecule has 2 aromatic rings. The molecule has 0 unspecified atom stereocenters. The third kappa shape index (κ3) is 5.31. The molecule has 0 aliphatic carbocycles. The predicted molar refractivity (Wildman–Crippen MR) is 86.1 cm³/mol. The molecule has 0 radical (unpaired) electrons. The van der Waals surface area contributed by atoms with Crippen molar-refractivity contribution in [3.63, 3.8) is 0 Å². The smallest absolute Gasteiger partial charge is 0.0698 e. The number of likely N-dealkylation sites (N-methyl/N-ethyl adjacent to an activating group) is 1. The lowest BCUT2D eigenvalue weighted by molar-refractivity contribution is 0.0773. The fourth-order valence-electron chi connectivity index (χ4n) is 2.21. The molecular weight excluding hydrogens is 262 g/mol. The molecule has 0 spiro atoms. The maximum Gasteiger partial charge on any atom is 0.0698 e. The number of aliphatic hydroxyl groups is 1. The first kappa shape index (κ1) is 15.7. The van der Waals surface area contributed by atoms with Gasteiger partial charge in [-0.15, -0.1) is 0 Å². The summed E-state index contributed by atoms with van der Waals surface area (Å²) in [4.78, 5) is 2.22. The zero-order chi connectivity index (χ0) is 14.9. The summed E-state index contributed by atoms with van der Waals surface area (Å²) in [5.74, 6) is 0. The van der Waals surface area contributed by atoms with Gasteiger partial charge in [-0.3, -0.25) is 4.90 Å². The minimum Gasteiger partial charge on any atom is -0.394 e. The largest absolute Gasteiger partial charge is 0.394 e. The van der Waals surface area contributed by atoms with Crippen molar-refractivity contribution in [3.05, 3.63) is 60.2 Å². The van der Waals surface area contributed by atoms with Crippen LogP contribution in [0.3, 0.4) is 0 Å². The third-order valence-corrected chi connectivity index (χ3v) is 3.37. The van der Waals surface area contributed by atoms with E-state index in [0.717, 1.165) is 13.1 Å². The van der Waals surface area contributed by atoms with Crippen LogP contribution >= 0.6 is 0 Å². The molecule has 2 aromatic carbocycles. The van der Waals surface area contributed by atoms with E-state index >= 15 is 0 Å². The lowest BCUT2D eigenvalue weighted by Gasteiger charge is -2.16. The lowest BCUT2D eigenvalue weighted by atomic mass is 10.0. The molecule has 0 aromatic heterocycles. The van der Waals surface area contributed by atoms with Gasteiger partial charge in [0.05, 0.1) is 19.8 Å². The molecule has 0 fully saturated rings. The molecule has 0 bridgehead atoms. The van der Waals surface area contributed by atoms with E-state index in [2.05, 4.69) is 60.5 Å². The molecule has 112 valence electrons. The summed E-state index contributed by atoms with van der Waals surface area (Å²) in [6.07, 6.45) is 0. The standard InChI is InChI=1S/C18H23NO2/c1-19(11-13-21-14-12-20)15-16-7-9-18(10-8-16)17-5-3-2-4-6-17/h2-10,20H,11-15H2,1H3. The van der Waals surface area contributed by atoms with E-state index < -0.39 is 0 Å². The monoisotopic (exact) mass is 285 g/mol. The number of rotatable bonds is 8. The van der Waals surface area contributed by atoms with Gasteiger partial charge in [-0.05, 0) is 23.7 Å². The summed E-state index contributed by atoms with van der Waals surface area (Å²) in [6, 6.07) is 19.1. The molecule has 0 atom stereocenters. The van der Waals surface area contributed by atoms with Crippen LogP contribution in [0.15, 0.2) is 54.6 Å². The van der Waals surface area contributed by atoms with E-state index in [9.17, 15) is 0 Å². The first-order chi connectivity index (χ1) is 10.3. The van der Waals surface area contributed by atoms with Gasteiger partial charge in [0.1, 0.15) is 0 Å². The van der Waals surface area contributed by atoms with Crippen molar-refractivity contribution < 1.29 is 9.84 Å². The van der Waals surface area contributed by atoms with Crippen LogP contribution in [0.5, 0.6) is 0 Å². The average Bonchev–Trinajstić information content (AvgIpc) is 2.53. The number of hydrogen-bond donors (Lipinski definition) is 1. The normalized spacial score (nSPS) is 11.0. The zero-order valence-electron chi connectivity index (χ0n) is 12.5. The fraction of sp³-hybridized carbons (Fsp3) is 0.333. The van der Waals surface area contributed by atoms with Crippen LogP contribution in [0.1, 0.15) is 5.56 Å². The number of benzene rings is 2. The van der Waals surface area contributed by atoms with Gasteiger partial charge in [-0.1, -0.05) is 54.6 Å². The molecule has 0 saturated carbocycles. The van der Waals surface area contributed by atoms with E-state index in [-0.39, 0.29) is 6.61 Å². The molecule has 1 N–H and O–H groups in total. The van der Waals surface area contributed by atoms with E-state index in [1.54, 1.807) is 0 Å². The first-order valence-electron chi connectivity index (χ1n) is 7.31. The van der Waals surface area contributed by atoms with Gasteiger partial charge >= 0.3 is 0 Å². The van der Waals surface area contributed by atoms with Crippen LogP contribution < -0.4 is 0 Å². The average molecular weight is 285 g/mol. The first-order valence-corrected chi connectivity index (χ1v) is 7.31. The maximum atomic E-state index is 8.65. The number of hydrogen-bond acceptors (Lipinski definition) is 3. The molecule has 2 rings (SSSR count). The van der Waals surface area contributed by atoms with Crippen molar-refractivity contribution in [2.75, 3.05) is 33.4 Å². The van der Waals surface area contributed by atoms with Crippen molar-refractivity contribution in [1.82, 2.24) is 4.90 Å². The number of ether oxygens (including phenoxy) is 1. The lowest BCUT2D eigenvalue weighted by Crippen LogP contribution is -2.23.